The number of rotatable bonds is 10. The molecule has 0 spiro atoms. The van der Waals surface area contributed by atoms with Crippen LogP contribution in [0, 0.1) is 0 Å². The lowest BCUT2D eigenvalue weighted by Gasteiger charge is -2.24. The number of anilines is 1. The molecule has 0 aliphatic carbocycles. The van der Waals surface area contributed by atoms with Gasteiger partial charge in [0.1, 0.15) is 0 Å². The number of fused-ring (bicyclic) bond motifs is 1. The van der Waals surface area contributed by atoms with Crippen molar-refractivity contribution in [2.24, 2.45) is 0 Å². The van der Waals surface area contributed by atoms with Crippen molar-refractivity contribution in [3.8, 4) is 10.6 Å². The summed E-state index contributed by atoms with van der Waals surface area (Å²) in [5.74, 6) is 0.452. The molecule has 5 rings (SSSR count). The number of oxazole rings is 1. The van der Waals surface area contributed by atoms with Crippen LogP contribution in [0.15, 0.2) is 60.0 Å². The second kappa shape index (κ2) is 11.2. The Morgan fingerprint density at radius 1 is 1.29 bits per heavy atom. The van der Waals surface area contributed by atoms with Gasteiger partial charge in [-0.05, 0) is 48.7 Å². The lowest BCUT2D eigenvalue weighted by atomic mass is 10.2. The van der Waals surface area contributed by atoms with Crippen molar-refractivity contribution in [2.75, 3.05) is 18.4 Å². The third-order valence-corrected chi connectivity index (χ3v) is 7.50. The Hall–Kier alpha value is -3.90. The lowest BCUT2D eigenvalue weighted by Crippen LogP contribution is -2.37. The number of imidazole rings is 1. The van der Waals surface area contributed by atoms with E-state index < -0.39 is 13.0 Å². The molecule has 38 heavy (non-hydrogen) atoms. The Morgan fingerprint density at radius 3 is 2.92 bits per heavy atom. The highest BCUT2D eigenvalue weighted by Crippen LogP contribution is 2.30. The number of carbonyl (C=O) groups is 2. The highest BCUT2D eigenvalue weighted by atomic mass is 32.1. The first-order chi connectivity index (χ1) is 18.4. The second-order valence-corrected chi connectivity index (χ2v) is 9.99. The van der Waals surface area contributed by atoms with Gasteiger partial charge in [0, 0.05) is 19.6 Å². The smallest absolute Gasteiger partial charge is 0.268 e. The summed E-state index contributed by atoms with van der Waals surface area (Å²) >= 11 is 1.27. The van der Waals surface area contributed by atoms with E-state index in [1.807, 2.05) is 22.8 Å². The van der Waals surface area contributed by atoms with E-state index in [1.165, 1.54) is 23.8 Å². The van der Waals surface area contributed by atoms with Crippen molar-refractivity contribution in [3.63, 3.8) is 0 Å². The molecule has 4 heterocycles. The number of nitrogens with one attached hydrogen (secondary N) is 2. The third-order valence-electron chi connectivity index (χ3n) is 6.40. The number of amides is 2. The molecule has 1 fully saturated rings. The van der Waals surface area contributed by atoms with E-state index in [0.29, 0.717) is 35.2 Å². The number of alkyl halides is 2. The van der Waals surface area contributed by atoms with Gasteiger partial charge in [0.05, 0.1) is 39.6 Å². The summed E-state index contributed by atoms with van der Waals surface area (Å²) in [6.07, 6.45) is 3.48. The van der Waals surface area contributed by atoms with Crippen LogP contribution in [0.2, 0.25) is 0 Å². The molecule has 1 atom stereocenters. The fourth-order valence-electron chi connectivity index (χ4n) is 4.63. The maximum atomic E-state index is 13.2. The minimum absolute atomic E-state index is 0.0827. The Balaban J connectivity index is 1.44. The van der Waals surface area contributed by atoms with Gasteiger partial charge in [0.15, 0.2) is 12.2 Å². The van der Waals surface area contributed by atoms with E-state index in [0.717, 1.165) is 28.8 Å². The summed E-state index contributed by atoms with van der Waals surface area (Å²) in [5, 5.41) is 5.64. The molecule has 1 aliphatic heterocycles. The fourth-order valence-corrected chi connectivity index (χ4v) is 5.48. The van der Waals surface area contributed by atoms with Crippen molar-refractivity contribution in [2.45, 2.75) is 38.4 Å². The topological polar surface area (TPSA) is 105 Å². The molecular formula is C26H26F2N6O3S. The lowest BCUT2D eigenvalue weighted by molar-refractivity contribution is -0.126. The summed E-state index contributed by atoms with van der Waals surface area (Å²) in [6, 6.07) is 8.93. The molecule has 12 heteroatoms. The number of nitrogens with zero attached hydrogens (tertiary/aromatic N) is 4. The number of halogens is 2. The van der Waals surface area contributed by atoms with Crippen LogP contribution in [0.1, 0.15) is 28.1 Å². The number of carbonyl (C=O) groups excluding carboxylic acids is 2. The zero-order valence-corrected chi connectivity index (χ0v) is 21.2. The first-order valence-corrected chi connectivity index (χ1v) is 13.0. The Bertz CT molecular complexity index is 1450. The van der Waals surface area contributed by atoms with Gasteiger partial charge in [-0.25, -0.2) is 18.7 Å². The standard InChI is InChI=1S/C26H26F2N6O3S/c1-2-24(35)33-9-3-4-17(33)14-34-19-6-5-16(11-29-13-23(27)28)10-18(19)31-26(34)32-25(36)22-8-7-21(38-22)20-12-30-15-37-20/h2,5-8,10,12,15,17,23,29H,1,3-4,9,11,13-14H2,(H,31,32,36)/t17-/m1/s1. The summed E-state index contributed by atoms with van der Waals surface area (Å²) in [7, 11) is 0. The van der Waals surface area contributed by atoms with Crippen molar-refractivity contribution in [3.05, 3.63) is 66.0 Å². The van der Waals surface area contributed by atoms with E-state index in [9.17, 15) is 18.4 Å². The largest absolute Gasteiger partial charge is 0.443 e. The predicted molar refractivity (Wildman–Crippen MR) is 140 cm³/mol. The molecular weight excluding hydrogens is 514 g/mol. The zero-order chi connectivity index (χ0) is 26.6. The molecule has 1 aromatic carbocycles. The van der Waals surface area contributed by atoms with Crippen LogP contribution in [0.5, 0.6) is 0 Å². The molecule has 3 aromatic heterocycles. The van der Waals surface area contributed by atoms with Crippen LogP contribution < -0.4 is 10.6 Å². The normalized spacial score (nSPS) is 15.4. The van der Waals surface area contributed by atoms with Crippen molar-refractivity contribution in [1.29, 1.82) is 0 Å². The molecule has 1 aliphatic rings. The van der Waals surface area contributed by atoms with Gasteiger partial charge in [0.25, 0.3) is 12.3 Å². The number of thiophene rings is 1. The van der Waals surface area contributed by atoms with E-state index in [4.69, 9.17) is 4.42 Å². The van der Waals surface area contributed by atoms with E-state index in [2.05, 4.69) is 27.2 Å². The predicted octanol–water partition coefficient (Wildman–Crippen LogP) is 4.54. The molecule has 2 N–H and O–H groups in total. The highest BCUT2D eigenvalue weighted by molar-refractivity contribution is 7.17. The number of hydrogen-bond donors (Lipinski definition) is 2. The Labute approximate surface area is 221 Å². The molecule has 2 amide bonds. The number of aromatic nitrogens is 3. The summed E-state index contributed by atoms with van der Waals surface area (Å²) in [6.45, 7) is 4.55. The number of hydrogen-bond acceptors (Lipinski definition) is 7. The van der Waals surface area contributed by atoms with E-state index in [1.54, 1.807) is 23.2 Å². The maximum absolute atomic E-state index is 13.2. The first kappa shape index (κ1) is 25.7. The highest BCUT2D eigenvalue weighted by Gasteiger charge is 2.29. The average Bonchev–Trinajstić information content (AvgIpc) is 3.70. The van der Waals surface area contributed by atoms with Gasteiger partial charge in [0.2, 0.25) is 11.9 Å². The van der Waals surface area contributed by atoms with E-state index >= 15 is 0 Å². The zero-order valence-electron chi connectivity index (χ0n) is 20.4. The number of benzene rings is 1. The van der Waals surface area contributed by atoms with Gasteiger partial charge in [-0.15, -0.1) is 11.3 Å². The van der Waals surface area contributed by atoms with Gasteiger partial charge in [-0.3, -0.25) is 14.9 Å². The van der Waals surface area contributed by atoms with E-state index in [-0.39, 0.29) is 24.4 Å². The van der Waals surface area contributed by atoms with Crippen LogP contribution in [-0.4, -0.2) is 56.8 Å². The summed E-state index contributed by atoms with van der Waals surface area (Å²) < 4.78 is 32.3. The Morgan fingerprint density at radius 2 is 2.16 bits per heavy atom. The molecule has 0 saturated carbocycles. The van der Waals surface area contributed by atoms with Crippen LogP contribution in [0.3, 0.4) is 0 Å². The maximum Gasteiger partial charge on any atom is 0.268 e. The molecule has 9 nitrogen and oxygen atoms in total. The van der Waals surface area contributed by atoms with Crippen molar-refractivity contribution >= 4 is 40.1 Å². The van der Waals surface area contributed by atoms with Crippen molar-refractivity contribution < 1.29 is 22.8 Å². The Kier molecular flexibility index (Phi) is 7.61. The molecule has 0 unspecified atom stereocenters. The molecule has 0 radical (unpaired) electrons. The quantitative estimate of drug-likeness (QED) is 0.286. The molecule has 198 valence electrons. The molecule has 1 saturated heterocycles. The number of likely N-dealkylation sites (tertiary alicyclic amines) is 1. The SMILES string of the molecule is C=CC(=O)N1CCC[C@@H]1Cn1c(NC(=O)c2ccc(-c3cnco3)s2)nc2cc(CNCC(F)F)ccc21. The molecule has 0 bridgehead atoms. The summed E-state index contributed by atoms with van der Waals surface area (Å²) in [4.78, 5) is 37.2. The van der Waals surface area contributed by atoms with Gasteiger partial charge in [-0.2, -0.15) is 0 Å². The molecule has 4 aromatic rings. The van der Waals surface area contributed by atoms with Gasteiger partial charge < -0.3 is 19.2 Å². The van der Waals surface area contributed by atoms with Crippen LogP contribution in [0.4, 0.5) is 14.7 Å². The monoisotopic (exact) mass is 540 g/mol. The van der Waals surface area contributed by atoms with Crippen LogP contribution >= 0.6 is 11.3 Å². The van der Waals surface area contributed by atoms with Crippen molar-refractivity contribution in [1.82, 2.24) is 24.8 Å². The van der Waals surface area contributed by atoms with Crippen LogP contribution in [-0.2, 0) is 17.9 Å². The minimum Gasteiger partial charge on any atom is -0.443 e. The van der Waals surface area contributed by atoms with Gasteiger partial charge >= 0.3 is 0 Å². The average molecular weight is 541 g/mol. The first-order valence-electron chi connectivity index (χ1n) is 12.1. The third kappa shape index (κ3) is 5.50. The fraction of sp³-hybridized carbons (Fsp3) is 0.308. The minimum atomic E-state index is -2.44. The second-order valence-electron chi connectivity index (χ2n) is 8.91. The summed E-state index contributed by atoms with van der Waals surface area (Å²) in [5.41, 5.74) is 2.18. The van der Waals surface area contributed by atoms with Crippen LogP contribution in [0.25, 0.3) is 21.7 Å². The van der Waals surface area contributed by atoms with Gasteiger partial charge in [-0.1, -0.05) is 12.6 Å².